The number of hydrogen-bond acceptors (Lipinski definition) is 5. The van der Waals surface area contributed by atoms with E-state index in [9.17, 15) is 9.59 Å². The molecule has 1 N–H and O–H groups in total. The Hall–Kier alpha value is -4.06. The number of fused-ring (bicyclic) bond motifs is 1. The number of anilines is 1. The van der Waals surface area contributed by atoms with E-state index in [1.54, 1.807) is 19.1 Å². The summed E-state index contributed by atoms with van der Waals surface area (Å²) in [5.74, 6) is 0.569. The van der Waals surface area contributed by atoms with Gasteiger partial charge >= 0.3 is 5.97 Å². The van der Waals surface area contributed by atoms with Crippen molar-refractivity contribution in [2.24, 2.45) is 0 Å². The molecular formula is C28H27NO5. The normalized spacial score (nSPS) is 10.8. The molecule has 0 unspecified atom stereocenters. The van der Waals surface area contributed by atoms with Gasteiger partial charge in [-0.05, 0) is 47.9 Å². The average molecular weight is 458 g/mol. The fourth-order valence-electron chi connectivity index (χ4n) is 3.65. The van der Waals surface area contributed by atoms with Crippen LogP contribution >= 0.6 is 0 Å². The van der Waals surface area contributed by atoms with Crippen molar-refractivity contribution in [3.63, 3.8) is 0 Å². The number of carbonyl (C=O) groups excluding carboxylic acids is 2. The molecule has 0 radical (unpaired) electrons. The third-order valence-corrected chi connectivity index (χ3v) is 5.50. The van der Waals surface area contributed by atoms with Crippen molar-refractivity contribution in [2.75, 3.05) is 5.32 Å². The molecule has 6 nitrogen and oxygen atoms in total. The molecule has 1 amide bonds. The molecule has 0 saturated carbocycles. The fourth-order valence-corrected chi connectivity index (χ4v) is 3.65. The van der Waals surface area contributed by atoms with Crippen LogP contribution in [0.5, 0.6) is 5.75 Å². The highest BCUT2D eigenvalue weighted by molar-refractivity contribution is 6.13. The van der Waals surface area contributed by atoms with Gasteiger partial charge in [-0.3, -0.25) is 14.6 Å². The van der Waals surface area contributed by atoms with E-state index in [0.717, 1.165) is 47.1 Å². The molecule has 3 aromatic carbocycles. The molecule has 0 spiro atoms. The quantitative estimate of drug-likeness (QED) is 0.217. The van der Waals surface area contributed by atoms with Gasteiger partial charge in [0.2, 0.25) is 0 Å². The lowest BCUT2D eigenvalue weighted by molar-refractivity contribution is -0.213. The molecule has 1 aromatic heterocycles. The summed E-state index contributed by atoms with van der Waals surface area (Å²) in [5, 5.41) is 3.83. The molecule has 0 aliphatic rings. The summed E-state index contributed by atoms with van der Waals surface area (Å²) in [6.45, 7) is 3.81. The second kappa shape index (κ2) is 10.7. The molecule has 0 bridgehead atoms. The van der Waals surface area contributed by atoms with Gasteiger partial charge in [-0.15, -0.1) is 0 Å². The highest BCUT2D eigenvalue weighted by atomic mass is 17.2. The first kappa shape index (κ1) is 23.1. The van der Waals surface area contributed by atoms with Gasteiger partial charge in [-0.25, -0.2) is 4.79 Å². The van der Waals surface area contributed by atoms with Gasteiger partial charge in [0.1, 0.15) is 11.3 Å². The summed E-state index contributed by atoms with van der Waals surface area (Å²) in [6, 6.07) is 22.5. The first-order chi connectivity index (χ1) is 16.6. The Bertz CT molecular complexity index is 1270. The first-order valence-corrected chi connectivity index (χ1v) is 11.5. The molecule has 4 rings (SSSR count). The van der Waals surface area contributed by atoms with Gasteiger partial charge in [0.25, 0.3) is 5.91 Å². The van der Waals surface area contributed by atoms with Crippen LogP contribution < -0.4 is 10.2 Å². The number of hydrogen-bond donors (Lipinski definition) is 1. The Morgan fingerprint density at radius 3 is 2.24 bits per heavy atom. The lowest BCUT2D eigenvalue weighted by Gasteiger charge is -2.08. The number of para-hydroxylation sites is 1. The number of amides is 1. The Balaban J connectivity index is 1.47. The highest BCUT2D eigenvalue weighted by Gasteiger charge is 2.20. The van der Waals surface area contributed by atoms with Crippen LogP contribution in [0, 0.1) is 0 Å². The summed E-state index contributed by atoms with van der Waals surface area (Å²) < 4.78 is 5.98. The Morgan fingerprint density at radius 2 is 1.56 bits per heavy atom. The van der Waals surface area contributed by atoms with Crippen LogP contribution in [-0.4, -0.2) is 11.9 Å². The zero-order valence-corrected chi connectivity index (χ0v) is 19.3. The fraction of sp³-hybridized carbons (Fsp3) is 0.214. The Labute approximate surface area is 198 Å². The number of unbranched alkanes of at least 4 members (excludes halogenated alkanes) is 1. The summed E-state index contributed by atoms with van der Waals surface area (Å²) in [7, 11) is 0. The third-order valence-electron chi connectivity index (χ3n) is 5.50. The number of carbonyl (C=O) groups is 2. The van der Waals surface area contributed by atoms with Gasteiger partial charge < -0.3 is 9.73 Å². The van der Waals surface area contributed by atoms with E-state index in [1.165, 1.54) is 0 Å². The molecule has 0 aliphatic heterocycles. The van der Waals surface area contributed by atoms with Crippen LogP contribution in [-0.2, 0) is 16.1 Å². The zero-order valence-electron chi connectivity index (χ0n) is 19.3. The number of aryl methyl sites for hydroxylation is 1. The molecule has 34 heavy (non-hydrogen) atoms. The van der Waals surface area contributed by atoms with Crippen LogP contribution in [0.4, 0.5) is 5.69 Å². The van der Waals surface area contributed by atoms with E-state index in [1.807, 2.05) is 60.7 Å². The van der Waals surface area contributed by atoms with Crippen LogP contribution in [0.25, 0.3) is 22.1 Å². The van der Waals surface area contributed by atoms with E-state index >= 15 is 0 Å². The van der Waals surface area contributed by atoms with Gasteiger partial charge in [-0.1, -0.05) is 62.7 Å². The molecule has 0 aliphatic carbocycles. The summed E-state index contributed by atoms with van der Waals surface area (Å²) in [4.78, 5) is 34.1. The highest BCUT2D eigenvalue weighted by Crippen LogP contribution is 2.29. The summed E-state index contributed by atoms with van der Waals surface area (Å²) in [6.07, 6.45) is 2.96. The van der Waals surface area contributed by atoms with E-state index in [2.05, 4.69) is 17.1 Å². The number of nitrogens with one attached hydrogen (secondary N) is 1. The van der Waals surface area contributed by atoms with E-state index in [4.69, 9.17) is 9.30 Å². The van der Waals surface area contributed by atoms with Crippen molar-refractivity contribution >= 4 is 28.5 Å². The SMILES string of the molecule is CCCCc1oc2ccccc2c1C(=O)Nc1ccc(-c2ccc(OOC(=O)CC)cc2)cc1. The molecule has 174 valence electrons. The zero-order chi connectivity index (χ0) is 23.9. The Morgan fingerprint density at radius 1 is 0.882 bits per heavy atom. The van der Waals surface area contributed by atoms with Crippen molar-refractivity contribution in [3.8, 4) is 16.9 Å². The molecule has 4 aromatic rings. The van der Waals surface area contributed by atoms with Gasteiger partial charge in [-0.2, -0.15) is 0 Å². The van der Waals surface area contributed by atoms with Crippen molar-refractivity contribution in [1.29, 1.82) is 0 Å². The molecule has 0 fully saturated rings. The van der Waals surface area contributed by atoms with Gasteiger partial charge in [0.05, 0.1) is 5.56 Å². The van der Waals surface area contributed by atoms with E-state index in [-0.39, 0.29) is 12.3 Å². The summed E-state index contributed by atoms with van der Waals surface area (Å²) >= 11 is 0. The number of benzene rings is 3. The largest absolute Gasteiger partial charge is 0.460 e. The maximum absolute atomic E-state index is 13.2. The lowest BCUT2D eigenvalue weighted by atomic mass is 10.0. The maximum Gasteiger partial charge on any atom is 0.355 e. The second-order valence-corrected chi connectivity index (χ2v) is 7.95. The molecular weight excluding hydrogens is 430 g/mol. The van der Waals surface area contributed by atoms with Crippen molar-refractivity contribution < 1.29 is 23.8 Å². The van der Waals surface area contributed by atoms with Crippen LogP contribution in [0.3, 0.4) is 0 Å². The molecule has 0 atom stereocenters. The minimum Gasteiger partial charge on any atom is -0.460 e. The monoisotopic (exact) mass is 457 g/mol. The maximum atomic E-state index is 13.2. The number of furan rings is 1. The lowest BCUT2D eigenvalue weighted by Crippen LogP contribution is -2.13. The standard InChI is InChI=1S/C28H27NO5/c1-3-5-9-25-27(23-8-6-7-10-24(23)32-25)28(31)29-21-15-11-19(12-16-21)20-13-17-22(18-14-20)33-34-26(30)4-2/h6-8,10-18H,3-5,9H2,1-2H3,(H,29,31). The van der Waals surface area contributed by atoms with Crippen molar-refractivity contribution in [3.05, 3.63) is 84.1 Å². The summed E-state index contributed by atoms with van der Waals surface area (Å²) in [5.41, 5.74) is 3.98. The van der Waals surface area contributed by atoms with Crippen LogP contribution in [0.15, 0.2) is 77.2 Å². The molecule has 1 heterocycles. The average Bonchev–Trinajstić information content (AvgIpc) is 3.25. The Kier molecular flexibility index (Phi) is 7.28. The first-order valence-electron chi connectivity index (χ1n) is 11.5. The van der Waals surface area contributed by atoms with Gasteiger partial charge in [0.15, 0.2) is 5.75 Å². The van der Waals surface area contributed by atoms with Gasteiger partial charge in [0, 0.05) is 23.9 Å². The topological polar surface area (TPSA) is 77.8 Å². The van der Waals surface area contributed by atoms with Crippen molar-refractivity contribution in [2.45, 2.75) is 39.5 Å². The van der Waals surface area contributed by atoms with Crippen LogP contribution in [0.1, 0.15) is 49.2 Å². The third kappa shape index (κ3) is 5.29. The predicted molar refractivity (Wildman–Crippen MR) is 132 cm³/mol. The van der Waals surface area contributed by atoms with Crippen LogP contribution in [0.2, 0.25) is 0 Å². The van der Waals surface area contributed by atoms with E-state index in [0.29, 0.717) is 17.0 Å². The molecule has 0 saturated heterocycles. The number of rotatable bonds is 9. The predicted octanol–water partition coefficient (Wildman–Crippen LogP) is 6.94. The van der Waals surface area contributed by atoms with Crippen molar-refractivity contribution in [1.82, 2.24) is 0 Å². The minimum atomic E-state index is -0.428. The smallest absolute Gasteiger partial charge is 0.355 e. The van der Waals surface area contributed by atoms with E-state index < -0.39 is 5.97 Å². The molecule has 6 heteroatoms. The second-order valence-electron chi connectivity index (χ2n) is 7.95. The minimum absolute atomic E-state index is 0.174.